The Labute approximate surface area is 172 Å². The molecule has 29 heavy (non-hydrogen) atoms. The Bertz CT molecular complexity index is 1180. The van der Waals surface area contributed by atoms with E-state index >= 15 is 0 Å². The second-order valence-corrected chi connectivity index (χ2v) is 8.83. The Kier molecular flexibility index (Phi) is 4.54. The van der Waals surface area contributed by atoms with Crippen molar-refractivity contribution in [2.24, 2.45) is 13.0 Å². The van der Waals surface area contributed by atoms with Crippen molar-refractivity contribution in [3.05, 3.63) is 70.6 Å². The summed E-state index contributed by atoms with van der Waals surface area (Å²) in [5.41, 5.74) is 1.89. The molecule has 7 heteroatoms. The van der Waals surface area contributed by atoms with Crippen LogP contribution in [0.4, 0.5) is 10.2 Å². The Hall–Kier alpha value is -2.80. The molecule has 1 aromatic carbocycles. The number of nitrogens with zero attached hydrogens (tertiary/aromatic N) is 4. The Balaban J connectivity index is 1.64. The summed E-state index contributed by atoms with van der Waals surface area (Å²) in [4.78, 5) is 16.0. The summed E-state index contributed by atoms with van der Waals surface area (Å²) < 4.78 is 16.6. The largest absolute Gasteiger partial charge is 0.355 e. The van der Waals surface area contributed by atoms with Crippen molar-refractivity contribution >= 4 is 27.4 Å². The average Bonchev–Trinajstić information content (AvgIpc) is 3.29. The molecule has 1 aliphatic rings. The zero-order valence-corrected chi connectivity index (χ0v) is 17.2. The molecular weight excluding hydrogens is 385 g/mol. The number of anilines is 1. The van der Waals surface area contributed by atoms with Crippen LogP contribution in [0.15, 0.2) is 43.0 Å². The molecule has 0 unspecified atom stereocenters. The number of fused-ring (bicyclic) bond motifs is 3. The summed E-state index contributed by atoms with van der Waals surface area (Å²) >= 11 is 1.76. The van der Waals surface area contributed by atoms with Crippen molar-refractivity contribution in [2.75, 3.05) is 5.32 Å². The molecule has 0 fully saturated rings. The predicted molar refractivity (Wildman–Crippen MR) is 114 cm³/mol. The van der Waals surface area contributed by atoms with Gasteiger partial charge in [-0.05, 0) is 36.8 Å². The first-order valence-electron chi connectivity index (χ1n) is 9.85. The summed E-state index contributed by atoms with van der Waals surface area (Å²) in [5.74, 6) is 1.91. The summed E-state index contributed by atoms with van der Waals surface area (Å²) in [6.45, 7) is 2.30. The van der Waals surface area contributed by atoms with Crippen molar-refractivity contribution in [1.82, 2.24) is 19.5 Å². The normalized spacial score (nSPS) is 17.3. The van der Waals surface area contributed by atoms with Gasteiger partial charge in [0.1, 0.15) is 34.7 Å². The number of nitrogens with one attached hydrogen (secondary N) is 1. The molecule has 0 amide bonds. The van der Waals surface area contributed by atoms with Gasteiger partial charge in [-0.15, -0.1) is 11.3 Å². The van der Waals surface area contributed by atoms with E-state index in [1.54, 1.807) is 36.0 Å². The third kappa shape index (κ3) is 3.19. The van der Waals surface area contributed by atoms with E-state index in [1.165, 1.54) is 22.9 Å². The van der Waals surface area contributed by atoms with Gasteiger partial charge in [-0.3, -0.25) is 0 Å². The van der Waals surface area contributed by atoms with E-state index in [1.807, 2.05) is 23.9 Å². The zero-order valence-electron chi connectivity index (χ0n) is 16.4. The van der Waals surface area contributed by atoms with Gasteiger partial charge in [0.25, 0.3) is 0 Å². The summed E-state index contributed by atoms with van der Waals surface area (Å²) in [5, 5.41) is 4.58. The number of benzene rings is 1. The van der Waals surface area contributed by atoms with Gasteiger partial charge >= 0.3 is 0 Å². The Morgan fingerprint density at radius 2 is 2.10 bits per heavy atom. The van der Waals surface area contributed by atoms with Crippen LogP contribution >= 0.6 is 11.3 Å². The number of aromatic nitrogens is 4. The molecule has 2 atom stereocenters. The zero-order chi connectivity index (χ0) is 20.0. The SMILES string of the molecule is C[C@@H]1CCc2c(sc3ncnc(N[C@@H](c4ccccc4F)c4nccn4C)c23)C1. The third-order valence-corrected chi connectivity index (χ3v) is 6.87. The van der Waals surface area contributed by atoms with Crippen LogP contribution in [0.1, 0.15) is 41.2 Å². The minimum absolute atomic E-state index is 0.264. The predicted octanol–water partition coefficient (Wildman–Crippen LogP) is 4.89. The maximum absolute atomic E-state index is 14.7. The molecular formula is C22H22FN5S. The molecule has 1 N–H and O–H groups in total. The molecule has 0 saturated carbocycles. The van der Waals surface area contributed by atoms with Crippen molar-refractivity contribution in [3.63, 3.8) is 0 Å². The van der Waals surface area contributed by atoms with Crippen LogP contribution in [0.25, 0.3) is 10.2 Å². The number of hydrogen-bond donors (Lipinski definition) is 1. The lowest BCUT2D eigenvalue weighted by atomic mass is 9.89. The van der Waals surface area contributed by atoms with Gasteiger partial charge in [0, 0.05) is 29.9 Å². The van der Waals surface area contributed by atoms with E-state index in [2.05, 4.69) is 27.2 Å². The van der Waals surface area contributed by atoms with Gasteiger partial charge < -0.3 is 9.88 Å². The minimum atomic E-state index is -0.452. The fourth-order valence-corrected chi connectivity index (χ4v) is 5.52. The van der Waals surface area contributed by atoms with Crippen LogP contribution in [0.5, 0.6) is 0 Å². The van der Waals surface area contributed by atoms with Crippen molar-refractivity contribution in [2.45, 2.75) is 32.2 Å². The van der Waals surface area contributed by atoms with Crippen LogP contribution in [0.3, 0.4) is 0 Å². The van der Waals surface area contributed by atoms with E-state index in [-0.39, 0.29) is 5.82 Å². The molecule has 3 aromatic heterocycles. The first-order chi connectivity index (χ1) is 14.1. The number of rotatable bonds is 4. The highest BCUT2D eigenvalue weighted by Crippen LogP contribution is 2.40. The monoisotopic (exact) mass is 407 g/mol. The van der Waals surface area contributed by atoms with Crippen molar-refractivity contribution in [1.29, 1.82) is 0 Å². The lowest BCUT2D eigenvalue weighted by Crippen LogP contribution is -2.19. The topological polar surface area (TPSA) is 55.6 Å². The van der Waals surface area contributed by atoms with Gasteiger partial charge in [-0.2, -0.15) is 0 Å². The van der Waals surface area contributed by atoms with Gasteiger partial charge in [-0.1, -0.05) is 25.1 Å². The molecule has 0 radical (unpaired) electrons. The van der Waals surface area contributed by atoms with Crippen molar-refractivity contribution < 1.29 is 4.39 Å². The van der Waals surface area contributed by atoms with Gasteiger partial charge in [-0.25, -0.2) is 19.3 Å². The number of imidazole rings is 1. The molecule has 3 heterocycles. The van der Waals surface area contributed by atoms with E-state index < -0.39 is 6.04 Å². The lowest BCUT2D eigenvalue weighted by Gasteiger charge is -2.22. The third-order valence-electron chi connectivity index (χ3n) is 5.71. The molecule has 148 valence electrons. The van der Waals surface area contributed by atoms with Crippen LogP contribution in [-0.4, -0.2) is 19.5 Å². The number of hydrogen-bond acceptors (Lipinski definition) is 5. The first-order valence-corrected chi connectivity index (χ1v) is 10.7. The number of aryl methyl sites for hydroxylation is 2. The van der Waals surface area contributed by atoms with E-state index in [4.69, 9.17) is 0 Å². The number of halogens is 1. The molecule has 1 aliphatic carbocycles. The Morgan fingerprint density at radius 1 is 1.24 bits per heavy atom. The van der Waals surface area contributed by atoms with Gasteiger partial charge in [0.15, 0.2) is 0 Å². The van der Waals surface area contributed by atoms with E-state index in [9.17, 15) is 4.39 Å². The standard InChI is InChI=1S/C22H22FN5S/c1-13-7-8-15-17(11-13)29-22-18(15)20(25-12-26-22)27-19(21-24-9-10-28(21)2)14-5-3-4-6-16(14)23/h3-6,9-10,12-13,19H,7-8,11H2,1-2H3,(H,25,26,27)/t13-,19+/m1/s1. The maximum Gasteiger partial charge on any atom is 0.139 e. The molecule has 5 rings (SSSR count). The fourth-order valence-electron chi connectivity index (χ4n) is 4.17. The summed E-state index contributed by atoms with van der Waals surface area (Å²) in [6, 6.07) is 6.38. The molecule has 0 spiro atoms. The van der Waals surface area contributed by atoms with E-state index in [0.29, 0.717) is 11.5 Å². The summed E-state index contributed by atoms with van der Waals surface area (Å²) in [7, 11) is 1.92. The van der Waals surface area contributed by atoms with Gasteiger partial charge in [0.05, 0.1) is 5.39 Å². The molecule has 0 saturated heterocycles. The minimum Gasteiger partial charge on any atom is -0.355 e. The molecule has 0 bridgehead atoms. The highest BCUT2D eigenvalue weighted by Gasteiger charge is 2.26. The fraction of sp³-hybridized carbons (Fsp3) is 0.318. The lowest BCUT2D eigenvalue weighted by molar-refractivity contribution is 0.509. The molecule has 0 aliphatic heterocycles. The first kappa shape index (κ1) is 18.2. The van der Waals surface area contributed by atoms with E-state index in [0.717, 1.165) is 34.7 Å². The average molecular weight is 408 g/mol. The highest BCUT2D eigenvalue weighted by atomic mass is 32.1. The highest BCUT2D eigenvalue weighted by molar-refractivity contribution is 7.19. The second kappa shape index (κ2) is 7.22. The van der Waals surface area contributed by atoms with Gasteiger partial charge in [0.2, 0.25) is 0 Å². The Morgan fingerprint density at radius 3 is 2.90 bits per heavy atom. The van der Waals surface area contributed by atoms with Crippen LogP contribution < -0.4 is 5.32 Å². The van der Waals surface area contributed by atoms with Crippen LogP contribution in [0, 0.1) is 11.7 Å². The molecule has 5 nitrogen and oxygen atoms in total. The van der Waals surface area contributed by atoms with Crippen LogP contribution in [-0.2, 0) is 19.9 Å². The number of thiophene rings is 1. The molecule has 4 aromatic rings. The van der Waals surface area contributed by atoms with Crippen molar-refractivity contribution in [3.8, 4) is 0 Å². The quantitative estimate of drug-likeness (QED) is 0.523. The maximum atomic E-state index is 14.7. The second-order valence-electron chi connectivity index (χ2n) is 7.75. The summed E-state index contributed by atoms with van der Waals surface area (Å²) in [6.07, 6.45) is 8.48. The smallest absolute Gasteiger partial charge is 0.139 e. The van der Waals surface area contributed by atoms with Crippen LogP contribution in [0.2, 0.25) is 0 Å².